The van der Waals surface area contributed by atoms with Gasteiger partial charge in [0.1, 0.15) is 6.07 Å². The van der Waals surface area contributed by atoms with E-state index in [0.29, 0.717) is 30.4 Å². The van der Waals surface area contributed by atoms with Crippen LogP contribution < -0.4 is 0 Å². The average molecular weight is 245 g/mol. The van der Waals surface area contributed by atoms with Crippen LogP contribution in [0.3, 0.4) is 0 Å². The minimum Gasteiger partial charge on any atom is -0.466 e. The lowest BCUT2D eigenvalue weighted by atomic mass is 9.94. The lowest BCUT2D eigenvalue weighted by molar-refractivity contribution is -0.142. The Morgan fingerprint density at radius 1 is 1.39 bits per heavy atom. The van der Waals surface area contributed by atoms with Crippen molar-refractivity contribution in [1.82, 2.24) is 0 Å². The van der Waals surface area contributed by atoms with Crippen LogP contribution in [0, 0.1) is 11.3 Å². The molecule has 0 aliphatic heterocycles. The molecule has 0 saturated heterocycles. The fourth-order valence-corrected chi connectivity index (χ4v) is 1.80. The van der Waals surface area contributed by atoms with Crippen molar-refractivity contribution in [3.8, 4) is 6.07 Å². The standard InChI is InChI=1S/C14H15NO3/c1-3-10-5-6-11(7-14(17)18-4-2)12(8-15)13(10)9-16/h5-6,9H,3-4,7H2,1-2H3. The van der Waals surface area contributed by atoms with E-state index in [1.165, 1.54) is 0 Å². The van der Waals surface area contributed by atoms with Crippen molar-refractivity contribution in [3.63, 3.8) is 0 Å². The van der Waals surface area contributed by atoms with Crippen LogP contribution in [0.1, 0.15) is 40.9 Å². The molecule has 0 N–H and O–H groups in total. The van der Waals surface area contributed by atoms with Crippen LogP contribution in [-0.4, -0.2) is 18.9 Å². The summed E-state index contributed by atoms with van der Waals surface area (Å²) in [6, 6.07) is 5.48. The second kappa shape index (κ2) is 6.55. The van der Waals surface area contributed by atoms with Crippen LogP contribution in [0.2, 0.25) is 0 Å². The molecule has 0 aromatic heterocycles. The van der Waals surface area contributed by atoms with Gasteiger partial charge >= 0.3 is 5.97 Å². The summed E-state index contributed by atoms with van der Waals surface area (Å²) >= 11 is 0. The third-order valence-electron chi connectivity index (χ3n) is 2.67. The fourth-order valence-electron chi connectivity index (χ4n) is 1.80. The number of aryl methyl sites for hydroxylation is 1. The van der Waals surface area contributed by atoms with Gasteiger partial charge in [0, 0.05) is 5.56 Å². The predicted octanol–water partition coefficient (Wildman–Crippen LogP) is 2.04. The van der Waals surface area contributed by atoms with E-state index in [9.17, 15) is 9.59 Å². The summed E-state index contributed by atoms with van der Waals surface area (Å²) < 4.78 is 4.84. The molecule has 0 atom stereocenters. The van der Waals surface area contributed by atoms with E-state index < -0.39 is 5.97 Å². The topological polar surface area (TPSA) is 67.2 Å². The monoisotopic (exact) mass is 245 g/mol. The first-order chi connectivity index (χ1) is 8.67. The van der Waals surface area contributed by atoms with Crippen molar-refractivity contribution in [2.24, 2.45) is 0 Å². The Bertz CT molecular complexity index is 500. The lowest BCUT2D eigenvalue weighted by Crippen LogP contribution is -2.10. The number of ether oxygens (including phenoxy) is 1. The smallest absolute Gasteiger partial charge is 0.310 e. The highest BCUT2D eigenvalue weighted by Gasteiger charge is 2.14. The van der Waals surface area contributed by atoms with Gasteiger partial charge in [-0.05, 0) is 24.5 Å². The predicted molar refractivity (Wildman–Crippen MR) is 66.3 cm³/mol. The molecule has 0 fully saturated rings. The maximum atomic E-state index is 11.4. The number of rotatable bonds is 5. The van der Waals surface area contributed by atoms with Crippen LogP contribution in [0.15, 0.2) is 12.1 Å². The lowest BCUT2D eigenvalue weighted by Gasteiger charge is -2.09. The number of carbonyl (C=O) groups is 2. The van der Waals surface area contributed by atoms with Crippen molar-refractivity contribution >= 4 is 12.3 Å². The van der Waals surface area contributed by atoms with Crippen molar-refractivity contribution in [2.45, 2.75) is 26.7 Å². The number of hydrogen-bond donors (Lipinski definition) is 0. The Kier molecular flexibility index (Phi) is 5.06. The molecule has 0 amide bonds. The molecule has 0 unspecified atom stereocenters. The van der Waals surface area contributed by atoms with Crippen molar-refractivity contribution < 1.29 is 14.3 Å². The minimum atomic E-state index is -0.393. The van der Waals surface area contributed by atoms with Crippen molar-refractivity contribution in [2.75, 3.05) is 6.61 Å². The van der Waals surface area contributed by atoms with Gasteiger partial charge in [-0.3, -0.25) is 9.59 Å². The number of nitriles is 1. The molecular weight excluding hydrogens is 230 g/mol. The number of esters is 1. The molecule has 94 valence electrons. The summed E-state index contributed by atoms with van der Waals surface area (Å²) in [6.07, 6.45) is 1.36. The molecule has 1 aromatic rings. The second-order valence-electron chi connectivity index (χ2n) is 3.74. The van der Waals surface area contributed by atoms with Crippen LogP contribution in [0.25, 0.3) is 0 Å². The molecule has 0 aliphatic carbocycles. The highest BCUT2D eigenvalue weighted by Crippen LogP contribution is 2.19. The zero-order chi connectivity index (χ0) is 13.5. The Morgan fingerprint density at radius 2 is 2.06 bits per heavy atom. The van der Waals surface area contributed by atoms with Gasteiger partial charge in [0.2, 0.25) is 0 Å². The molecule has 1 rings (SSSR count). The number of benzene rings is 1. The molecule has 0 spiro atoms. The summed E-state index contributed by atoms with van der Waals surface area (Å²) in [5.74, 6) is -0.393. The molecule has 4 heteroatoms. The molecule has 0 bridgehead atoms. The van der Waals surface area contributed by atoms with E-state index in [1.807, 2.05) is 13.0 Å². The first kappa shape index (κ1) is 13.9. The van der Waals surface area contributed by atoms with E-state index in [-0.39, 0.29) is 12.0 Å². The largest absolute Gasteiger partial charge is 0.466 e. The highest BCUT2D eigenvalue weighted by molar-refractivity contribution is 5.84. The van der Waals surface area contributed by atoms with Gasteiger partial charge in [0.25, 0.3) is 0 Å². The normalized spacial score (nSPS) is 9.61. The Labute approximate surface area is 106 Å². The Morgan fingerprint density at radius 3 is 2.56 bits per heavy atom. The fraction of sp³-hybridized carbons (Fsp3) is 0.357. The summed E-state index contributed by atoms with van der Waals surface area (Å²) in [4.78, 5) is 22.5. The van der Waals surface area contributed by atoms with E-state index >= 15 is 0 Å². The second-order valence-corrected chi connectivity index (χ2v) is 3.74. The third kappa shape index (κ3) is 2.95. The van der Waals surface area contributed by atoms with Crippen molar-refractivity contribution in [3.05, 3.63) is 34.4 Å². The Balaban J connectivity index is 3.18. The zero-order valence-corrected chi connectivity index (χ0v) is 10.5. The third-order valence-corrected chi connectivity index (χ3v) is 2.67. The summed E-state index contributed by atoms with van der Waals surface area (Å²) in [5.41, 5.74) is 2.00. The summed E-state index contributed by atoms with van der Waals surface area (Å²) in [5, 5.41) is 9.13. The SMILES string of the molecule is CCOC(=O)Cc1ccc(CC)c(C=O)c1C#N. The Hall–Kier alpha value is -2.15. The average Bonchev–Trinajstić information content (AvgIpc) is 2.38. The first-order valence-electron chi connectivity index (χ1n) is 5.83. The highest BCUT2D eigenvalue weighted by atomic mass is 16.5. The molecule has 4 nitrogen and oxygen atoms in total. The van der Waals surface area contributed by atoms with E-state index in [4.69, 9.17) is 10.00 Å². The summed E-state index contributed by atoms with van der Waals surface area (Å²) in [6.45, 7) is 3.93. The maximum absolute atomic E-state index is 11.4. The number of nitrogens with zero attached hydrogens (tertiary/aromatic N) is 1. The first-order valence-corrected chi connectivity index (χ1v) is 5.83. The number of carbonyl (C=O) groups excluding carboxylic acids is 2. The minimum absolute atomic E-state index is 0.0154. The van der Waals surface area contributed by atoms with E-state index in [0.717, 1.165) is 5.56 Å². The van der Waals surface area contributed by atoms with Crippen LogP contribution in [0.5, 0.6) is 0 Å². The molecule has 0 radical (unpaired) electrons. The molecule has 1 aromatic carbocycles. The van der Waals surface area contributed by atoms with Crippen LogP contribution in [-0.2, 0) is 22.4 Å². The zero-order valence-electron chi connectivity index (χ0n) is 10.5. The quantitative estimate of drug-likeness (QED) is 0.588. The maximum Gasteiger partial charge on any atom is 0.310 e. The molecule has 0 heterocycles. The van der Waals surface area contributed by atoms with Gasteiger partial charge in [-0.1, -0.05) is 19.1 Å². The molecule has 18 heavy (non-hydrogen) atoms. The van der Waals surface area contributed by atoms with Gasteiger partial charge in [0.05, 0.1) is 18.6 Å². The molecule has 0 aliphatic rings. The van der Waals surface area contributed by atoms with E-state index in [1.54, 1.807) is 19.1 Å². The van der Waals surface area contributed by atoms with Crippen molar-refractivity contribution in [1.29, 1.82) is 5.26 Å². The van der Waals surface area contributed by atoms with Crippen LogP contribution in [0.4, 0.5) is 0 Å². The van der Waals surface area contributed by atoms with Crippen LogP contribution >= 0.6 is 0 Å². The van der Waals surface area contributed by atoms with Gasteiger partial charge < -0.3 is 4.74 Å². The van der Waals surface area contributed by atoms with Gasteiger partial charge in [0.15, 0.2) is 6.29 Å². The summed E-state index contributed by atoms with van der Waals surface area (Å²) in [7, 11) is 0. The molecular formula is C14H15NO3. The van der Waals surface area contributed by atoms with E-state index in [2.05, 4.69) is 0 Å². The molecule has 0 saturated carbocycles. The number of aldehydes is 1. The van der Waals surface area contributed by atoms with Gasteiger partial charge in [-0.25, -0.2) is 0 Å². The number of hydrogen-bond acceptors (Lipinski definition) is 4. The van der Waals surface area contributed by atoms with Gasteiger partial charge in [-0.15, -0.1) is 0 Å². The van der Waals surface area contributed by atoms with Gasteiger partial charge in [-0.2, -0.15) is 5.26 Å².